The SMILES string of the molecule is C=Cc1nc(SSc2nc3ccccc3s2)sc1C=C. The predicted octanol–water partition coefficient (Wildman–Crippen LogP) is 5.84. The second-order valence-electron chi connectivity index (χ2n) is 3.75. The van der Waals surface area contributed by atoms with Crippen molar-refractivity contribution in [3.8, 4) is 0 Å². The van der Waals surface area contributed by atoms with Gasteiger partial charge < -0.3 is 0 Å². The third-order valence-corrected chi connectivity index (χ3v) is 7.57. The van der Waals surface area contributed by atoms with Crippen molar-refractivity contribution >= 4 is 66.6 Å². The molecule has 100 valence electrons. The van der Waals surface area contributed by atoms with Crippen molar-refractivity contribution in [3.05, 3.63) is 48.0 Å². The Balaban J connectivity index is 1.77. The molecule has 0 amide bonds. The number of aromatic nitrogens is 2. The van der Waals surface area contributed by atoms with Crippen molar-refractivity contribution in [2.75, 3.05) is 0 Å². The Bertz CT molecular complexity index is 714. The van der Waals surface area contributed by atoms with Gasteiger partial charge in [0, 0.05) is 0 Å². The number of hydrogen-bond acceptors (Lipinski definition) is 6. The molecule has 0 N–H and O–H groups in total. The maximum Gasteiger partial charge on any atom is 0.162 e. The van der Waals surface area contributed by atoms with Crippen LogP contribution in [0.25, 0.3) is 22.4 Å². The highest BCUT2D eigenvalue weighted by molar-refractivity contribution is 8.77. The summed E-state index contributed by atoms with van der Waals surface area (Å²) >= 11 is 3.34. The number of hydrogen-bond donors (Lipinski definition) is 0. The third kappa shape index (κ3) is 2.83. The molecule has 2 nitrogen and oxygen atoms in total. The minimum Gasteiger partial charge on any atom is -0.229 e. The lowest BCUT2D eigenvalue weighted by Gasteiger charge is -1.90. The van der Waals surface area contributed by atoms with Crippen LogP contribution < -0.4 is 0 Å². The Morgan fingerprint density at radius 2 is 1.70 bits per heavy atom. The van der Waals surface area contributed by atoms with Crippen LogP contribution >= 0.6 is 44.3 Å². The molecule has 0 unspecified atom stereocenters. The van der Waals surface area contributed by atoms with Crippen molar-refractivity contribution in [2.45, 2.75) is 8.68 Å². The zero-order valence-electron chi connectivity index (χ0n) is 10.4. The molecule has 2 heterocycles. The first-order valence-electron chi connectivity index (χ1n) is 5.76. The summed E-state index contributed by atoms with van der Waals surface area (Å²) in [5.74, 6) is 0. The summed E-state index contributed by atoms with van der Waals surface area (Å²) < 4.78 is 3.26. The van der Waals surface area contributed by atoms with Gasteiger partial charge in [0.1, 0.15) is 0 Å². The fourth-order valence-electron chi connectivity index (χ4n) is 1.61. The van der Waals surface area contributed by atoms with Gasteiger partial charge >= 0.3 is 0 Å². The summed E-state index contributed by atoms with van der Waals surface area (Å²) in [5, 5.41) is 0. The van der Waals surface area contributed by atoms with Crippen LogP contribution in [0.1, 0.15) is 10.6 Å². The third-order valence-electron chi connectivity index (χ3n) is 2.50. The predicted molar refractivity (Wildman–Crippen MR) is 93.6 cm³/mol. The van der Waals surface area contributed by atoms with E-state index >= 15 is 0 Å². The van der Waals surface area contributed by atoms with Gasteiger partial charge in [-0.3, -0.25) is 0 Å². The van der Waals surface area contributed by atoms with E-state index in [0.717, 1.165) is 24.8 Å². The summed E-state index contributed by atoms with van der Waals surface area (Å²) in [6.45, 7) is 7.57. The van der Waals surface area contributed by atoms with Crippen molar-refractivity contribution in [2.24, 2.45) is 0 Å². The standard InChI is InChI=1S/C14H10N2S4/c1-3-9-11(4-2)17-13(15-9)19-20-14-16-10-7-5-6-8-12(10)18-14/h3-8H,1-2H2. The highest BCUT2D eigenvalue weighted by Crippen LogP contribution is 2.43. The summed E-state index contributed by atoms with van der Waals surface area (Å²) in [5.41, 5.74) is 1.95. The number of fused-ring (bicyclic) bond motifs is 1. The zero-order valence-corrected chi connectivity index (χ0v) is 13.7. The van der Waals surface area contributed by atoms with E-state index in [1.54, 1.807) is 50.3 Å². The van der Waals surface area contributed by atoms with Gasteiger partial charge in [0.2, 0.25) is 0 Å². The van der Waals surface area contributed by atoms with E-state index in [9.17, 15) is 0 Å². The molecule has 1 aromatic carbocycles. The van der Waals surface area contributed by atoms with E-state index in [-0.39, 0.29) is 0 Å². The molecule has 0 atom stereocenters. The van der Waals surface area contributed by atoms with Crippen LogP contribution in [0.5, 0.6) is 0 Å². The van der Waals surface area contributed by atoms with Crippen LogP contribution in [-0.4, -0.2) is 9.97 Å². The number of rotatable bonds is 5. The summed E-state index contributed by atoms with van der Waals surface area (Å²) in [4.78, 5) is 10.2. The monoisotopic (exact) mass is 334 g/mol. The van der Waals surface area contributed by atoms with Gasteiger partial charge in [-0.25, -0.2) is 9.97 Å². The fraction of sp³-hybridized carbons (Fsp3) is 0. The average molecular weight is 335 g/mol. The van der Waals surface area contributed by atoms with E-state index < -0.39 is 0 Å². The van der Waals surface area contributed by atoms with Gasteiger partial charge in [0.05, 0.1) is 20.8 Å². The summed E-state index contributed by atoms with van der Waals surface area (Å²) in [6.07, 6.45) is 3.58. The van der Waals surface area contributed by atoms with Crippen LogP contribution in [0.4, 0.5) is 0 Å². The number of thiazole rings is 2. The van der Waals surface area contributed by atoms with E-state index in [1.165, 1.54) is 4.70 Å². The average Bonchev–Trinajstić information content (AvgIpc) is 3.07. The Labute approximate surface area is 133 Å². The summed E-state index contributed by atoms with van der Waals surface area (Å²) in [6, 6.07) is 8.18. The van der Waals surface area contributed by atoms with E-state index in [4.69, 9.17) is 0 Å². The van der Waals surface area contributed by atoms with Crippen LogP contribution in [0.3, 0.4) is 0 Å². The van der Waals surface area contributed by atoms with Gasteiger partial charge in [-0.2, -0.15) is 0 Å². The van der Waals surface area contributed by atoms with Gasteiger partial charge in [0.15, 0.2) is 8.68 Å². The van der Waals surface area contributed by atoms with Crippen LogP contribution in [0.2, 0.25) is 0 Å². The minimum atomic E-state index is 0.900. The molecule has 0 aliphatic heterocycles. The lowest BCUT2D eigenvalue weighted by atomic mass is 10.3. The van der Waals surface area contributed by atoms with Gasteiger partial charge in [0.25, 0.3) is 0 Å². The number of benzene rings is 1. The molecular weight excluding hydrogens is 324 g/mol. The van der Waals surface area contributed by atoms with Gasteiger partial charge in [-0.1, -0.05) is 25.3 Å². The van der Waals surface area contributed by atoms with Crippen LogP contribution in [0.15, 0.2) is 46.1 Å². The quantitative estimate of drug-likeness (QED) is 0.548. The molecule has 3 rings (SSSR count). The molecule has 0 aliphatic carbocycles. The fourth-order valence-corrected chi connectivity index (χ4v) is 6.06. The van der Waals surface area contributed by atoms with E-state index in [0.29, 0.717) is 0 Å². The minimum absolute atomic E-state index is 0.900. The first-order valence-corrected chi connectivity index (χ1v) is 9.54. The molecule has 0 saturated carbocycles. The lowest BCUT2D eigenvalue weighted by Crippen LogP contribution is -1.72. The number of para-hydroxylation sites is 1. The second-order valence-corrected chi connectivity index (χ2v) is 8.44. The van der Waals surface area contributed by atoms with Gasteiger partial charge in [-0.15, -0.1) is 22.7 Å². The van der Waals surface area contributed by atoms with E-state index in [1.807, 2.05) is 24.3 Å². The Morgan fingerprint density at radius 3 is 2.35 bits per heavy atom. The Morgan fingerprint density at radius 1 is 0.950 bits per heavy atom. The maximum atomic E-state index is 4.59. The molecule has 20 heavy (non-hydrogen) atoms. The topological polar surface area (TPSA) is 25.8 Å². The molecule has 0 bridgehead atoms. The highest BCUT2D eigenvalue weighted by atomic mass is 33.1. The second kappa shape index (κ2) is 6.13. The highest BCUT2D eigenvalue weighted by Gasteiger charge is 2.09. The molecule has 0 aliphatic rings. The largest absolute Gasteiger partial charge is 0.229 e. The zero-order chi connectivity index (χ0) is 13.9. The Hall–Kier alpha value is -1.08. The number of nitrogens with zero attached hydrogens (tertiary/aromatic N) is 2. The maximum absolute atomic E-state index is 4.59. The van der Waals surface area contributed by atoms with Crippen LogP contribution in [0, 0.1) is 0 Å². The first kappa shape index (κ1) is 13.9. The molecule has 0 spiro atoms. The van der Waals surface area contributed by atoms with Gasteiger partial charge in [-0.05, 0) is 45.9 Å². The van der Waals surface area contributed by atoms with E-state index in [2.05, 4.69) is 29.2 Å². The first-order chi connectivity index (χ1) is 9.80. The smallest absolute Gasteiger partial charge is 0.162 e. The normalized spacial score (nSPS) is 10.8. The van der Waals surface area contributed by atoms with Crippen molar-refractivity contribution < 1.29 is 0 Å². The molecule has 2 aromatic heterocycles. The molecule has 6 heteroatoms. The van der Waals surface area contributed by atoms with Crippen molar-refractivity contribution in [1.29, 1.82) is 0 Å². The lowest BCUT2D eigenvalue weighted by molar-refractivity contribution is 1.23. The Kier molecular flexibility index (Phi) is 4.26. The molecular formula is C14H10N2S4. The van der Waals surface area contributed by atoms with Crippen LogP contribution in [-0.2, 0) is 0 Å². The summed E-state index contributed by atoms with van der Waals surface area (Å²) in [7, 11) is 3.28. The molecule has 0 fully saturated rings. The van der Waals surface area contributed by atoms with Crippen molar-refractivity contribution in [1.82, 2.24) is 9.97 Å². The molecule has 3 aromatic rings. The van der Waals surface area contributed by atoms with Crippen molar-refractivity contribution in [3.63, 3.8) is 0 Å². The molecule has 0 saturated heterocycles. The molecule has 0 radical (unpaired) electrons.